The normalized spacial score (nSPS) is 9.27. The van der Waals surface area contributed by atoms with Gasteiger partial charge in [-0.1, -0.05) is 0 Å². The summed E-state index contributed by atoms with van der Waals surface area (Å²) in [4.78, 5) is 3.88. The number of nitrogens with one attached hydrogen (secondary N) is 1. The van der Waals surface area contributed by atoms with Crippen molar-refractivity contribution in [3.8, 4) is 11.8 Å². The van der Waals surface area contributed by atoms with Crippen molar-refractivity contribution in [3.63, 3.8) is 0 Å². The molecule has 0 unspecified atom stereocenters. The van der Waals surface area contributed by atoms with E-state index in [1.165, 1.54) is 14.2 Å². The van der Waals surface area contributed by atoms with Crippen LogP contribution in [0.5, 0.6) is 11.8 Å². The fraction of sp³-hybridized carbons (Fsp3) is 0.286. The summed E-state index contributed by atoms with van der Waals surface area (Å²) >= 11 is 0. The predicted molar refractivity (Wildman–Crippen MR) is 40.1 cm³/mol. The molecule has 0 spiro atoms. The Hall–Kier alpha value is -1.45. The smallest absolute Gasteiger partial charge is 0.242 e. The Morgan fingerprint density at radius 2 is 2.00 bits per heavy atom. The maximum Gasteiger partial charge on any atom is 0.242 e. The first kappa shape index (κ1) is 7.65. The minimum Gasteiger partial charge on any atom is -0.481 e. The number of hydrogen-bond acceptors (Lipinski definition) is 3. The predicted octanol–water partition coefficient (Wildman–Crippen LogP) is 1.01. The second-order valence-electron chi connectivity index (χ2n) is 1.91. The quantitative estimate of drug-likeness (QED) is 0.637. The Balaban J connectivity index is 3.02. The summed E-state index contributed by atoms with van der Waals surface area (Å²) in [6.07, 6.45) is 0. The monoisotopic (exact) mass is 153 g/mol. The Morgan fingerprint density at radius 1 is 1.27 bits per heavy atom. The van der Waals surface area contributed by atoms with E-state index in [1.807, 2.05) is 0 Å². The molecular weight excluding hydrogens is 144 g/mol. The Morgan fingerprint density at radius 3 is 2.55 bits per heavy atom. The molecule has 1 rings (SSSR count). The van der Waals surface area contributed by atoms with E-state index >= 15 is 0 Å². The fourth-order valence-electron chi connectivity index (χ4n) is 0.693. The van der Waals surface area contributed by atoms with Crippen LogP contribution >= 0.6 is 0 Å². The average molecular weight is 153 g/mol. The second-order valence-corrected chi connectivity index (χ2v) is 1.91. The lowest BCUT2D eigenvalue weighted by molar-refractivity contribution is 0.365. The Bertz CT molecular complexity index is 250. The highest BCUT2D eigenvalue weighted by Gasteiger charge is 2.01. The minimum absolute atomic E-state index is 0.258. The van der Waals surface area contributed by atoms with Gasteiger partial charge in [-0.05, 0) is 6.07 Å². The molecule has 1 aromatic rings. The Labute approximate surface area is 64.9 Å². The van der Waals surface area contributed by atoms with Crippen molar-refractivity contribution in [2.24, 2.45) is 0 Å². The van der Waals surface area contributed by atoms with Gasteiger partial charge in [0.15, 0.2) is 0 Å². The lowest BCUT2D eigenvalue weighted by atomic mass is 10.4. The van der Waals surface area contributed by atoms with Crippen LogP contribution in [0.3, 0.4) is 0 Å². The van der Waals surface area contributed by atoms with Crippen LogP contribution in [0, 0.1) is 0 Å². The van der Waals surface area contributed by atoms with E-state index in [4.69, 9.17) is 15.2 Å². The van der Waals surface area contributed by atoms with Crippen molar-refractivity contribution in [1.82, 2.24) is 10.7 Å². The van der Waals surface area contributed by atoms with Crippen molar-refractivity contribution >= 4 is 5.69 Å². The fourth-order valence-corrected chi connectivity index (χ4v) is 0.693. The maximum absolute atomic E-state index is 7.30. The molecule has 0 atom stereocenters. The molecule has 1 N–H and O–H groups in total. The molecule has 0 saturated carbocycles. The molecule has 4 heteroatoms. The van der Waals surface area contributed by atoms with Crippen molar-refractivity contribution in [3.05, 3.63) is 12.1 Å². The summed E-state index contributed by atoms with van der Waals surface area (Å²) in [6.45, 7) is 0. The number of rotatable bonds is 2. The van der Waals surface area contributed by atoms with Crippen LogP contribution in [-0.2, 0) is 0 Å². The summed E-state index contributed by atoms with van der Waals surface area (Å²) in [7, 11) is 2.99. The summed E-state index contributed by atoms with van der Waals surface area (Å²) in [6, 6.07) is 3.19. The van der Waals surface area contributed by atoms with Gasteiger partial charge in [0.05, 0.1) is 14.2 Å². The van der Waals surface area contributed by atoms with Crippen molar-refractivity contribution in [2.75, 3.05) is 14.2 Å². The highest BCUT2D eigenvalue weighted by Crippen LogP contribution is 2.22. The van der Waals surface area contributed by atoms with E-state index in [2.05, 4.69) is 4.98 Å². The minimum atomic E-state index is 0.258. The SMILES string of the molecule is COc1ccc([NH])c(OC)n1. The number of aromatic nitrogens is 1. The van der Waals surface area contributed by atoms with Gasteiger partial charge in [0.1, 0.15) is 5.69 Å². The molecule has 11 heavy (non-hydrogen) atoms. The first-order chi connectivity index (χ1) is 5.27. The summed E-state index contributed by atoms with van der Waals surface area (Å²) in [5.74, 6) is 0.738. The highest BCUT2D eigenvalue weighted by molar-refractivity contribution is 5.45. The standard InChI is InChI=1S/C7H9N2O2/c1-10-6-4-3-5(8)7(9-6)11-2/h3-4,8H,1-2H3. The van der Waals surface area contributed by atoms with Crippen LogP contribution in [0.1, 0.15) is 0 Å². The third-order valence-electron chi connectivity index (χ3n) is 1.24. The number of methoxy groups -OCH3 is 2. The van der Waals surface area contributed by atoms with Crippen LogP contribution in [0.2, 0.25) is 0 Å². The van der Waals surface area contributed by atoms with Crippen LogP contribution in [0.25, 0.3) is 0 Å². The first-order valence-corrected chi connectivity index (χ1v) is 3.08. The maximum atomic E-state index is 7.30. The zero-order chi connectivity index (χ0) is 8.27. The molecular formula is C7H9N2O2. The van der Waals surface area contributed by atoms with Gasteiger partial charge in [0.2, 0.25) is 11.8 Å². The number of pyridine rings is 1. The van der Waals surface area contributed by atoms with E-state index in [0.717, 1.165) is 0 Å². The van der Waals surface area contributed by atoms with E-state index in [0.29, 0.717) is 5.88 Å². The third kappa shape index (κ3) is 1.52. The van der Waals surface area contributed by atoms with Gasteiger partial charge in [-0.25, -0.2) is 0 Å². The number of nitrogens with zero attached hydrogens (tertiary/aromatic N) is 1. The van der Waals surface area contributed by atoms with Gasteiger partial charge in [-0.3, -0.25) is 5.73 Å². The van der Waals surface area contributed by atoms with Crippen LogP contribution < -0.4 is 15.2 Å². The number of hydrogen-bond donors (Lipinski definition) is 0. The van der Waals surface area contributed by atoms with Crippen molar-refractivity contribution < 1.29 is 9.47 Å². The largest absolute Gasteiger partial charge is 0.481 e. The molecule has 0 amide bonds. The molecule has 59 valence electrons. The average Bonchev–Trinajstić information content (AvgIpc) is 2.05. The summed E-state index contributed by atoms with van der Waals surface area (Å²) in [5.41, 5.74) is 7.56. The van der Waals surface area contributed by atoms with E-state index in [-0.39, 0.29) is 11.6 Å². The van der Waals surface area contributed by atoms with Crippen LogP contribution in [0.15, 0.2) is 12.1 Å². The lowest BCUT2D eigenvalue weighted by Gasteiger charge is -2.03. The molecule has 0 saturated heterocycles. The van der Waals surface area contributed by atoms with Gasteiger partial charge in [-0.15, -0.1) is 0 Å². The molecule has 4 nitrogen and oxygen atoms in total. The molecule has 0 aliphatic carbocycles. The molecule has 0 aliphatic rings. The highest BCUT2D eigenvalue weighted by atomic mass is 16.5. The summed E-state index contributed by atoms with van der Waals surface area (Å²) in [5, 5.41) is 0. The number of ether oxygens (including phenoxy) is 2. The molecule has 0 bridgehead atoms. The molecule has 0 fully saturated rings. The van der Waals surface area contributed by atoms with Gasteiger partial charge in [-0.2, -0.15) is 4.98 Å². The molecule has 0 aliphatic heterocycles. The van der Waals surface area contributed by atoms with Gasteiger partial charge in [0.25, 0.3) is 0 Å². The van der Waals surface area contributed by atoms with E-state index in [9.17, 15) is 0 Å². The molecule has 1 radical (unpaired) electrons. The van der Waals surface area contributed by atoms with Gasteiger partial charge >= 0.3 is 0 Å². The summed E-state index contributed by atoms with van der Waals surface area (Å²) < 4.78 is 9.65. The zero-order valence-electron chi connectivity index (χ0n) is 6.42. The van der Waals surface area contributed by atoms with Crippen LogP contribution in [-0.4, -0.2) is 19.2 Å². The first-order valence-electron chi connectivity index (χ1n) is 3.08. The topological polar surface area (TPSA) is 55.2 Å². The zero-order valence-corrected chi connectivity index (χ0v) is 6.42. The molecule has 0 aromatic carbocycles. The van der Waals surface area contributed by atoms with E-state index < -0.39 is 0 Å². The van der Waals surface area contributed by atoms with Gasteiger partial charge in [0, 0.05) is 6.07 Å². The van der Waals surface area contributed by atoms with Crippen molar-refractivity contribution in [2.45, 2.75) is 0 Å². The van der Waals surface area contributed by atoms with Crippen molar-refractivity contribution in [1.29, 1.82) is 0 Å². The third-order valence-corrected chi connectivity index (χ3v) is 1.24. The van der Waals surface area contributed by atoms with Crippen LogP contribution in [0.4, 0.5) is 5.69 Å². The molecule has 1 aromatic heterocycles. The Kier molecular flexibility index (Phi) is 2.15. The molecule has 1 heterocycles. The van der Waals surface area contributed by atoms with Gasteiger partial charge < -0.3 is 9.47 Å². The lowest BCUT2D eigenvalue weighted by Crippen LogP contribution is -1.92. The second kappa shape index (κ2) is 3.09. The van der Waals surface area contributed by atoms with E-state index in [1.54, 1.807) is 12.1 Å².